The Morgan fingerprint density at radius 2 is 1.92 bits per heavy atom. The van der Waals surface area contributed by atoms with E-state index in [1.54, 1.807) is 32.9 Å². The van der Waals surface area contributed by atoms with Crippen molar-refractivity contribution in [3.8, 4) is 0 Å². The quantitative estimate of drug-likeness (QED) is 0.372. The predicted molar refractivity (Wildman–Crippen MR) is 88.0 cm³/mol. The lowest BCUT2D eigenvalue weighted by Gasteiger charge is -2.24. The summed E-state index contributed by atoms with van der Waals surface area (Å²) in [5.41, 5.74) is 8.64. The summed E-state index contributed by atoms with van der Waals surface area (Å²) in [5, 5.41) is 5.85. The minimum atomic E-state index is -1.14. The first-order valence-electron chi connectivity index (χ1n) is 7.47. The zero-order chi connectivity index (χ0) is 18.2. The SMILES string of the molecule is CC(N=[N+]=[N-])[C@H](NC(=O)OC(C)(C)C)C(=O)OCc1ccccc1. The first kappa shape index (κ1) is 19.3. The van der Waals surface area contributed by atoms with E-state index in [2.05, 4.69) is 15.3 Å². The molecule has 24 heavy (non-hydrogen) atoms. The molecule has 1 unspecified atom stereocenters. The molecule has 8 nitrogen and oxygen atoms in total. The summed E-state index contributed by atoms with van der Waals surface area (Å²) in [6.45, 7) is 6.66. The summed E-state index contributed by atoms with van der Waals surface area (Å²) < 4.78 is 10.3. The van der Waals surface area contributed by atoms with Gasteiger partial charge in [-0.3, -0.25) is 0 Å². The Kier molecular flexibility index (Phi) is 7.07. The van der Waals surface area contributed by atoms with E-state index in [9.17, 15) is 9.59 Å². The molecule has 0 aliphatic carbocycles. The van der Waals surface area contributed by atoms with Crippen molar-refractivity contribution in [2.75, 3.05) is 0 Å². The number of benzene rings is 1. The second kappa shape index (κ2) is 8.79. The van der Waals surface area contributed by atoms with Crippen LogP contribution in [0.25, 0.3) is 10.4 Å². The van der Waals surface area contributed by atoms with Gasteiger partial charge in [-0.25, -0.2) is 9.59 Å². The van der Waals surface area contributed by atoms with Crippen LogP contribution in [0.5, 0.6) is 0 Å². The first-order valence-corrected chi connectivity index (χ1v) is 7.47. The van der Waals surface area contributed by atoms with E-state index in [1.165, 1.54) is 6.92 Å². The van der Waals surface area contributed by atoms with Crippen molar-refractivity contribution in [2.24, 2.45) is 5.11 Å². The summed E-state index contributed by atoms with van der Waals surface area (Å²) in [5.74, 6) is -0.704. The molecular weight excluding hydrogens is 312 g/mol. The monoisotopic (exact) mass is 334 g/mol. The maximum Gasteiger partial charge on any atom is 0.408 e. The van der Waals surface area contributed by atoms with Gasteiger partial charge in [0.2, 0.25) is 0 Å². The molecule has 0 radical (unpaired) electrons. The molecule has 2 atom stereocenters. The van der Waals surface area contributed by atoms with Gasteiger partial charge in [0.15, 0.2) is 0 Å². The van der Waals surface area contributed by atoms with Gasteiger partial charge in [0.05, 0.1) is 6.04 Å². The fourth-order valence-corrected chi connectivity index (χ4v) is 1.78. The fraction of sp³-hybridized carbons (Fsp3) is 0.500. The van der Waals surface area contributed by atoms with Crippen molar-refractivity contribution in [3.63, 3.8) is 0 Å². The van der Waals surface area contributed by atoms with Crippen molar-refractivity contribution in [1.82, 2.24) is 5.32 Å². The molecule has 0 spiro atoms. The number of nitrogens with zero attached hydrogens (tertiary/aromatic N) is 3. The van der Waals surface area contributed by atoms with E-state index in [4.69, 9.17) is 15.0 Å². The van der Waals surface area contributed by atoms with Crippen LogP contribution >= 0.6 is 0 Å². The fourth-order valence-electron chi connectivity index (χ4n) is 1.78. The number of rotatable bonds is 6. The number of nitrogens with one attached hydrogen (secondary N) is 1. The number of alkyl carbamates (subject to hydrolysis) is 1. The molecule has 8 heteroatoms. The lowest BCUT2D eigenvalue weighted by atomic mass is 10.1. The molecule has 0 saturated heterocycles. The Labute approximate surface area is 140 Å². The largest absolute Gasteiger partial charge is 0.459 e. The average Bonchev–Trinajstić information content (AvgIpc) is 2.50. The van der Waals surface area contributed by atoms with Crippen LogP contribution in [0, 0.1) is 0 Å². The Bertz CT molecular complexity index is 606. The van der Waals surface area contributed by atoms with Crippen LogP contribution in [-0.2, 0) is 20.9 Å². The Morgan fingerprint density at radius 3 is 2.46 bits per heavy atom. The van der Waals surface area contributed by atoms with Gasteiger partial charge in [-0.2, -0.15) is 0 Å². The van der Waals surface area contributed by atoms with Gasteiger partial charge < -0.3 is 14.8 Å². The molecule has 1 N–H and O–H groups in total. The lowest BCUT2D eigenvalue weighted by Crippen LogP contribution is -2.49. The molecule has 1 amide bonds. The van der Waals surface area contributed by atoms with Crippen molar-refractivity contribution >= 4 is 12.1 Å². The van der Waals surface area contributed by atoms with E-state index >= 15 is 0 Å². The maximum atomic E-state index is 12.3. The summed E-state index contributed by atoms with van der Waals surface area (Å²) >= 11 is 0. The van der Waals surface area contributed by atoms with E-state index < -0.39 is 29.7 Å². The predicted octanol–water partition coefficient (Wildman–Crippen LogP) is 3.32. The minimum absolute atomic E-state index is 0.0508. The third-order valence-corrected chi connectivity index (χ3v) is 2.87. The van der Waals surface area contributed by atoms with Gasteiger partial charge in [0.1, 0.15) is 18.2 Å². The van der Waals surface area contributed by atoms with Gasteiger partial charge in [0.25, 0.3) is 0 Å². The van der Waals surface area contributed by atoms with Gasteiger partial charge in [-0.05, 0) is 31.9 Å². The van der Waals surface area contributed by atoms with Crippen LogP contribution in [0.1, 0.15) is 33.3 Å². The number of azide groups is 1. The zero-order valence-electron chi connectivity index (χ0n) is 14.2. The average molecular weight is 334 g/mol. The second-order valence-electron chi connectivity index (χ2n) is 6.16. The van der Waals surface area contributed by atoms with Gasteiger partial charge >= 0.3 is 12.1 Å². The smallest absolute Gasteiger partial charge is 0.408 e. The number of esters is 1. The topological polar surface area (TPSA) is 113 Å². The maximum absolute atomic E-state index is 12.3. The minimum Gasteiger partial charge on any atom is -0.459 e. The van der Waals surface area contributed by atoms with Gasteiger partial charge in [-0.15, -0.1) is 0 Å². The molecule has 0 fully saturated rings. The molecule has 1 aromatic carbocycles. The van der Waals surface area contributed by atoms with Crippen molar-refractivity contribution in [3.05, 3.63) is 46.3 Å². The molecule has 0 bridgehead atoms. The van der Waals surface area contributed by atoms with Crippen molar-refractivity contribution in [1.29, 1.82) is 0 Å². The highest BCUT2D eigenvalue weighted by molar-refractivity contribution is 5.82. The van der Waals surface area contributed by atoms with Crippen molar-refractivity contribution in [2.45, 2.75) is 52.0 Å². The summed E-state index contributed by atoms with van der Waals surface area (Å²) in [4.78, 5) is 26.8. The molecular formula is C16H22N4O4. The molecule has 0 aliphatic heterocycles. The van der Waals surface area contributed by atoms with E-state index in [1.807, 2.05) is 18.2 Å². The van der Waals surface area contributed by atoms with E-state index in [0.29, 0.717) is 0 Å². The van der Waals surface area contributed by atoms with Gasteiger partial charge in [0, 0.05) is 4.91 Å². The zero-order valence-corrected chi connectivity index (χ0v) is 14.2. The van der Waals surface area contributed by atoms with E-state index in [0.717, 1.165) is 5.56 Å². The number of amides is 1. The number of hydrogen-bond donors (Lipinski definition) is 1. The molecule has 1 aromatic rings. The molecule has 130 valence electrons. The summed E-state index contributed by atoms with van der Waals surface area (Å²) in [6, 6.07) is 7.14. The highest BCUT2D eigenvalue weighted by Crippen LogP contribution is 2.10. The molecule has 0 saturated carbocycles. The molecule has 0 aromatic heterocycles. The van der Waals surface area contributed by atoms with Crippen LogP contribution in [-0.4, -0.2) is 29.7 Å². The number of ether oxygens (including phenoxy) is 2. The summed E-state index contributed by atoms with van der Waals surface area (Å²) in [6.07, 6.45) is -0.788. The standard InChI is InChI=1S/C16H22N4O4/c1-11(19-20-17)13(18-15(22)24-16(2,3)4)14(21)23-10-12-8-6-5-7-9-12/h5-9,11,13H,10H2,1-4H3,(H,18,22)/t11?,13-/m0/s1. The lowest BCUT2D eigenvalue weighted by molar-refractivity contribution is -0.148. The third kappa shape index (κ3) is 7.02. The van der Waals surface area contributed by atoms with Crippen LogP contribution in [0.4, 0.5) is 4.79 Å². The second-order valence-corrected chi connectivity index (χ2v) is 6.16. The van der Waals surface area contributed by atoms with Crippen LogP contribution in [0.2, 0.25) is 0 Å². The number of carbonyl (C=O) groups excluding carboxylic acids is 2. The van der Waals surface area contributed by atoms with E-state index in [-0.39, 0.29) is 6.61 Å². The summed E-state index contributed by atoms with van der Waals surface area (Å²) in [7, 11) is 0. The van der Waals surface area contributed by atoms with Crippen LogP contribution in [0.15, 0.2) is 35.4 Å². The normalized spacial score (nSPS) is 13.2. The highest BCUT2D eigenvalue weighted by atomic mass is 16.6. The highest BCUT2D eigenvalue weighted by Gasteiger charge is 2.30. The van der Waals surface area contributed by atoms with Crippen LogP contribution < -0.4 is 5.32 Å². The number of carbonyl (C=O) groups is 2. The molecule has 0 aliphatic rings. The molecule has 0 heterocycles. The van der Waals surface area contributed by atoms with Gasteiger partial charge in [-0.1, -0.05) is 42.4 Å². The number of hydrogen-bond acceptors (Lipinski definition) is 5. The molecule has 1 rings (SSSR count). The Hall–Kier alpha value is -2.73. The Morgan fingerprint density at radius 1 is 1.29 bits per heavy atom. The Balaban J connectivity index is 2.75. The first-order chi connectivity index (χ1) is 11.2. The van der Waals surface area contributed by atoms with Crippen molar-refractivity contribution < 1.29 is 19.1 Å². The van der Waals surface area contributed by atoms with Crippen LogP contribution in [0.3, 0.4) is 0 Å². The third-order valence-electron chi connectivity index (χ3n) is 2.87.